The van der Waals surface area contributed by atoms with E-state index in [-0.39, 0.29) is 0 Å². The van der Waals surface area contributed by atoms with Crippen molar-refractivity contribution in [1.82, 2.24) is 19.7 Å². The molecule has 14 heavy (non-hydrogen) atoms. The highest BCUT2D eigenvalue weighted by atomic mass is 32.1. The van der Waals surface area contributed by atoms with Crippen molar-refractivity contribution in [2.24, 2.45) is 7.05 Å². The van der Waals surface area contributed by atoms with Gasteiger partial charge in [0.05, 0.1) is 0 Å². The van der Waals surface area contributed by atoms with Gasteiger partial charge in [0, 0.05) is 18.8 Å². The molecule has 0 aromatic carbocycles. The van der Waals surface area contributed by atoms with Gasteiger partial charge in [0.2, 0.25) is 0 Å². The number of nitrogens with two attached hydrogens (primary N) is 1. The zero-order valence-electron chi connectivity index (χ0n) is 8.06. The number of hydrogen-bond donors (Lipinski definition) is 1. The number of rotatable bonds is 2. The summed E-state index contributed by atoms with van der Waals surface area (Å²) in [5, 5.41) is 6.69. The van der Waals surface area contributed by atoms with Gasteiger partial charge in [0.25, 0.3) is 0 Å². The lowest BCUT2D eigenvalue weighted by molar-refractivity contribution is 0.751. The van der Waals surface area contributed by atoms with Crippen molar-refractivity contribution in [3.05, 3.63) is 11.2 Å². The topological polar surface area (TPSA) is 69.6 Å². The fraction of sp³-hybridized carbons (Fsp3) is 0.375. The van der Waals surface area contributed by atoms with Gasteiger partial charge >= 0.3 is 0 Å². The van der Waals surface area contributed by atoms with Crippen LogP contribution in [0.2, 0.25) is 0 Å². The number of nitrogens with zero attached hydrogens (tertiary/aromatic N) is 4. The average molecular weight is 209 g/mol. The molecule has 0 atom stereocenters. The highest BCUT2D eigenvalue weighted by Gasteiger charge is 2.10. The Morgan fingerprint density at radius 2 is 2.29 bits per heavy atom. The van der Waals surface area contributed by atoms with Crippen LogP contribution in [0.3, 0.4) is 0 Å². The predicted molar refractivity (Wildman–Crippen MR) is 55.9 cm³/mol. The van der Waals surface area contributed by atoms with Crippen LogP contribution in [-0.2, 0) is 13.5 Å². The van der Waals surface area contributed by atoms with Crippen LogP contribution in [0.4, 0.5) is 5.13 Å². The molecule has 0 aliphatic heterocycles. The normalized spacial score (nSPS) is 10.7. The fourth-order valence-corrected chi connectivity index (χ4v) is 1.74. The molecule has 6 heteroatoms. The van der Waals surface area contributed by atoms with Crippen LogP contribution in [-0.4, -0.2) is 19.7 Å². The van der Waals surface area contributed by atoms with Gasteiger partial charge in [0.15, 0.2) is 16.8 Å². The first-order chi connectivity index (χ1) is 6.70. The monoisotopic (exact) mass is 209 g/mol. The Hall–Kier alpha value is -1.43. The summed E-state index contributed by atoms with van der Waals surface area (Å²) >= 11 is 1.41. The second-order valence-corrected chi connectivity index (χ2v) is 3.79. The van der Waals surface area contributed by atoms with Crippen molar-refractivity contribution >= 4 is 16.5 Å². The van der Waals surface area contributed by atoms with E-state index in [1.54, 1.807) is 4.68 Å². The van der Waals surface area contributed by atoms with Crippen LogP contribution >= 0.6 is 11.3 Å². The Morgan fingerprint density at radius 3 is 2.79 bits per heavy atom. The van der Waals surface area contributed by atoms with Crippen LogP contribution in [0.1, 0.15) is 12.7 Å². The van der Waals surface area contributed by atoms with Crippen LogP contribution in [0.15, 0.2) is 5.38 Å². The average Bonchev–Trinajstić information content (AvgIpc) is 2.71. The Labute approximate surface area is 85.6 Å². The van der Waals surface area contributed by atoms with Gasteiger partial charge in [-0.15, -0.1) is 11.3 Å². The molecule has 2 rings (SSSR count). The molecule has 0 aliphatic carbocycles. The molecule has 0 unspecified atom stereocenters. The Balaban J connectivity index is 2.45. The van der Waals surface area contributed by atoms with Crippen LogP contribution in [0.25, 0.3) is 11.5 Å². The van der Waals surface area contributed by atoms with Crippen molar-refractivity contribution in [2.45, 2.75) is 13.3 Å². The zero-order chi connectivity index (χ0) is 10.1. The number of aromatic nitrogens is 4. The molecule has 0 radical (unpaired) electrons. The third kappa shape index (κ3) is 1.48. The van der Waals surface area contributed by atoms with Crippen molar-refractivity contribution < 1.29 is 0 Å². The predicted octanol–water partition coefficient (Wildman–Crippen LogP) is 1.08. The molecule has 0 saturated heterocycles. The molecule has 0 saturated carbocycles. The maximum absolute atomic E-state index is 5.56. The summed E-state index contributed by atoms with van der Waals surface area (Å²) < 4.78 is 1.73. The summed E-state index contributed by atoms with van der Waals surface area (Å²) in [5.74, 6) is 1.60. The standard InChI is InChI=1S/C8H11N5S/c1-3-6-11-7(13(2)12-6)5-4-14-8(9)10-5/h4H,3H2,1-2H3,(H2,9,10). The highest BCUT2D eigenvalue weighted by Crippen LogP contribution is 2.20. The largest absolute Gasteiger partial charge is 0.375 e. The number of anilines is 1. The molecule has 0 aliphatic rings. The molecule has 0 fully saturated rings. The maximum Gasteiger partial charge on any atom is 0.180 e. The molecule has 74 valence electrons. The Morgan fingerprint density at radius 1 is 1.50 bits per heavy atom. The highest BCUT2D eigenvalue weighted by molar-refractivity contribution is 7.13. The smallest absolute Gasteiger partial charge is 0.180 e. The first-order valence-corrected chi connectivity index (χ1v) is 5.20. The second-order valence-electron chi connectivity index (χ2n) is 2.90. The van der Waals surface area contributed by atoms with Gasteiger partial charge in [-0.3, -0.25) is 0 Å². The minimum atomic E-state index is 0.557. The third-order valence-electron chi connectivity index (χ3n) is 1.87. The van der Waals surface area contributed by atoms with E-state index in [0.29, 0.717) is 5.13 Å². The van der Waals surface area contributed by atoms with E-state index in [1.807, 2.05) is 19.4 Å². The number of nitrogen functional groups attached to an aromatic ring is 1. The van der Waals surface area contributed by atoms with Gasteiger partial charge in [-0.1, -0.05) is 6.92 Å². The van der Waals surface area contributed by atoms with Crippen LogP contribution in [0.5, 0.6) is 0 Å². The summed E-state index contributed by atoms with van der Waals surface area (Å²) in [4.78, 5) is 8.51. The summed E-state index contributed by atoms with van der Waals surface area (Å²) in [7, 11) is 1.86. The molecule has 0 amide bonds. The molecular formula is C8H11N5S. The summed E-state index contributed by atoms with van der Waals surface area (Å²) in [5.41, 5.74) is 6.35. The quantitative estimate of drug-likeness (QED) is 0.803. The summed E-state index contributed by atoms with van der Waals surface area (Å²) in [6.07, 6.45) is 0.827. The first kappa shape index (κ1) is 9.14. The van der Waals surface area contributed by atoms with E-state index in [1.165, 1.54) is 11.3 Å². The van der Waals surface area contributed by atoms with Crippen LogP contribution in [0, 0.1) is 0 Å². The molecule has 2 N–H and O–H groups in total. The van der Waals surface area contributed by atoms with E-state index >= 15 is 0 Å². The second kappa shape index (κ2) is 3.38. The van der Waals surface area contributed by atoms with Crippen molar-refractivity contribution in [1.29, 1.82) is 0 Å². The van der Waals surface area contributed by atoms with Gasteiger partial charge in [-0.05, 0) is 0 Å². The molecule has 0 bridgehead atoms. The zero-order valence-corrected chi connectivity index (χ0v) is 8.88. The molecule has 2 heterocycles. The van der Waals surface area contributed by atoms with E-state index in [4.69, 9.17) is 5.73 Å². The van der Waals surface area contributed by atoms with Gasteiger partial charge in [-0.25, -0.2) is 14.6 Å². The summed E-state index contributed by atoms with van der Waals surface area (Å²) in [6, 6.07) is 0. The van der Waals surface area contributed by atoms with E-state index in [9.17, 15) is 0 Å². The Bertz CT molecular complexity index is 444. The molecule has 5 nitrogen and oxygen atoms in total. The van der Waals surface area contributed by atoms with E-state index in [2.05, 4.69) is 15.1 Å². The summed E-state index contributed by atoms with van der Waals surface area (Å²) in [6.45, 7) is 2.02. The molecule has 0 spiro atoms. The molecule has 2 aromatic rings. The molecule has 2 aromatic heterocycles. The first-order valence-electron chi connectivity index (χ1n) is 4.32. The third-order valence-corrected chi connectivity index (χ3v) is 2.55. The maximum atomic E-state index is 5.56. The van der Waals surface area contributed by atoms with Crippen molar-refractivity contribution in [3.63, 3.8) is 0 Å². The molecular weight excluding hydrogens is 198 g/mol. The van der Waals surface area contributed by atoms with Gasteiger partial charge in [0.1, 0.15) is 5.69 Å². The number of thiazole rings is 1. The lowest BCUT2D eigenvalue weighted by Gasteiger charge is -1.92. The van der Waals surface area contributed by atoms with Crippen LogP contribution < -0.4 is 5.73 Å². The van der Waals surface area contributed by atoms with Crippen molar-refractivity contribution in [2.75, 3.05) is 5.73 Å². The van der Waals surface area contributed by atoms with Gasteiger partial charge < -0.3 is 5.73 Å². The Kier molecular flexibility index (Phi) is 2.20. The fourth-order valence-electron chi connectivity index (χ4n) is 1.20. The lowest BCUT2D eigenvalue weighted by Crippen LogP contribution is -1.95. The SMILES string of the molecule is CCc1nc(-c2csc(N)n2)n(C)n1. The lowest BCUT2D eigenvalue weighted by atomic mass is 10.4. The van der Waals surface area contributed by atoms with Crippen molar-refractivity contribution in [3.8, 4) is 11.5 Å². The number of aryl methyl sites for hydroxylation is 2. The van der Waals surface area contributed by atoms with E-state index in [0.717, 1.165) is 23.8 Å². The van der Waals surface area contributed by atoms with E-state index < -0.39 is 0 Å². The minimum Gasteiger partial charge on any atom is -0.375 e. The van der Waals surface area contributed by atoms with Gasteiger partial charge in [-0.2, -0.15) is 5.10 Å². The minimum absolute atomic E-state index is 0.557. The number of hydrogen-bond acceptors (Lipinski definition) is 5.